The first kappa shape index (κ1) is 13.0. The normalized spacial score (nSPS) is 35.6. The lowest BCUT2D eigenvalue weighted by molar-refractivity contribution is -0.00988. The zero-order valence-corrected chi connectivity index (χ0v) is 10.9. The number of methoxy groups -OCH3 is 1. The molecule has 0 aromatic rings. The van der Waals surface area contributed by atoms with Gasteiger partial charge in [-0.1, -0.05) is 20.3 Å². The van der Waals surface area contributed by atoms with E-state index in [1.807, 2.05) is 21.0 Å². The van der Waals surface area contributed by atoms with Crippen LogP contribution in [0.25, 0.3) is 0 Å². The van der Waals surface area contributed by atoms with Crippen molar-refractivity contribution < 1.29 is 4.74 Å². The molecule has 0 aromatic carbocycles. The summed E-state index contributed by atoms with van der Waals surface area (Å²) in [5.74, 6) is 0. The average Bonchev–Trinajstić information content (AvgIpc) is 2.67. The van der Waals surface area contributed by atoms with E-state index in [4.69, 9.17) is 4.74 Å². The second kappa shape index (κ2) is 5.86. The van der Waals surface area contributed by atoms with E-state index in [2.05, 4.69) is 11.9 Å². The van der Waals surface area contributed by atoms with Crippen LogP contribution in [0.1, 0.15) is 46.0 Å². The van der Waals surface area contributed by atoms with E-state index < -0.39 is 0 Å². The highest BCUT2D eigenvalue weighted by atomic mass is 16.5. The SMILES string of the molecule is CC.COCC12CCCC1N(C)CCC2. The maximum Gasteiger partial charge on any atom is 0.0533 e. The maximum absolute atomic E-state index is 5.41. The van der Waals surface area contributed by atoms with Crippen molar-refractivity contribution in [2.45, 2.75) is 52.0 Å². The average molecular weight is 213 g/mol. The molecule has 0 radical (unpaired) electrons. The molecule has 0 bridgehead atoms. The molecule has 2 nitrogen and oxygen atoms in total. The Labute approximate surface area is 95.0 Å². The van der Waals surface area contributed by atoms with Gasteiger partial charge in [-0.15, -0.1) is 0 Å². The zero-order valence-electron chi connectivity index (χ0n) is 10.9. The highest BCUT2D eigenvalue weighted by molar-refractivity contribution is 4.99. The number of ether oxygens (including phenoxy) is 1. The summed E-state index contributed by atoms with van der Waals surface area (Å²) < 4.78 is 5.41. The topological polar surface area (TPSA) is 12.5 Å². The standard InChI is InChI=1S/C11H21NO.C2H6/c1-12-8-4-7-11(9-13-2)6-3-5-10(11)12;1-2/h10H,3-9H2,1-2H3;1-2H3. The van der Waals surface area contributed by atoms with E-state index in [1.54, 1.807) is 0 Å². The third kappa shape index (κ3) is 2.54. The summed E-state index contributed by atoms with van der Waals surface area (Å²) in [6, 6.07) is 0.807. The molecule has 1 heterocycles. The lowest BCUT2D eigenvalue weighted by atomic mass is 9.76. The highest BCUT2D eigenvalue weighted by Gasteiger charge is 2.46. The molecule has 2 fully saturated rings. The molecule has 1 aliphatic carbocycles. The predicted molar refractivity (Wildman–Crippen MR) is 65.2 cm³/mol. The minimum atomic E-state index is 0.516. The molecular formula is C13H27NO. The van der Waals surface area contributed by atoms with Crippen molar-refractivity contribution in [3.63, 3.8) is 0 Å². The molecule has 2 rings (SSSR count). The van der Waals surface area contributed by atoms with Gasteiger partial charge in [0.25, 0.3) is 0 Å². The third-order valence-electron chi connectivity index (χ3n) is 4.01. The van der Waals surface area contributed by atoms with Gasteiger partial charge in [0.05, 0.1) is 6.61 Å². The number of hydrogen-bond acceptors (Lipinski definition) is 2. The van der Waals surface area contributed by atoms with Gasteiger partial charge in [0.1, 0.15) is 0 Å². The van der Waals surface area contributed by atoms with Gasteiger partial charge in [-0.25, -0.2) is 0 Å². The molecule has 2 atom stereocenters. The van der Waals surface area contributed by atoms with Crippen LogP contribution in [0.15, 0.2) is 0 Å². The van der Waals surface area contributed by atoms with Gasteiger partial charge in [-0.3, -0.25) is 0 Å². The largest absolute Gasteiger partial charge is 0.384 e. The van der Waals surface area contributed by atoms with Crippen LogP contribution in [-0.4, -0.2) is 38.3 Å². The Balaban J connectivity index is 0.000000531. The first-order valence-electron chi connectivity index (χ1n) is 6.48. The van der Waals surface area contributed by atoms with Crippen LogP contribution in [0.3, 0.4) is 0 Å². The first-order chi connectivity index (χ1) is 7.28. The van der Waals surface area contributed by atoms with Crippen molar-refractivity contribution in [1.29, 1.82) is 0 Å². The third-order valence-corrected chi connectivity index (χ3v) is 4.01. The Morgan fingerprint density at radius 3 is 2.60 bits per heavy atom. The van der Waals surface area contributed by atoms with Crippen LogP contribution in [0, 0.1) is 5.41 Å². The van der Waals surface area contributed by atoms with Gasteiger partial charge >= 0.3 is 0 Å². The van der Waals surface area contributed by atoms with E-state index in [0.717, 1.165) is 12.6 Å². The Morgan fingerprint density at radius 2 is 1.93 bits per heavy atom. The van der Waals surface area contributed by atoms with Gasteiger partial charge in [0.15, 0.2) is 0 Å². The van der Waals surface area contributed by atoms with Gasteiger partial charge in [-0.05, 0) is 39.3 Å². The molecule has 2 heteroatoms. The summed E-state index contributed by atoms with van der Waals surface area (Å²) in [6.07, 6.45) is 6.92. The Hall–Kier alpha value is -0.0800. The van der Waals surface area contributed by atoms with Gasteiger partial charge < -0.3 is 9.64 Å². The van der Waals surface area contributed by atoms with Crippen LogP contribution < -0.4 is 0 Å². The number of hydrogen-bond donors (Lipinski definition) is 0. The van der Waals surface area contributed by atoms with Crippen LogP contribution in [0.5, 0.6) is 0 Å². The van der Waals surface area contributed by atoms with E-state index in [-0.39, 0.29) is 0 Å². The molecule has 90 valence electrons. The molecule has 2 aliphatic rings. The zero-order chi connectivity index (χ0) is 11.3. The number of likely N-dealkylation sites (tertiary alicyclic amines) is 1. The number of fused-ring (bicyclic) bond motifs is 1. The smallest absolute Gasteiger partial charge is 0.0533 e. The summed E-state index contributed by atoms with van der Waals surface area (Å²) in [6.45, 7) is 6.26. The van der Waals surface area contributed by atoms with Crippen molar-refractivity contribution in [3.05, 3.63) is 0 Å². The molecule has 0 aromatic heterocycles. The molecule has 1 aliphatic heterocycles. The van der Waals surface area contributed by atoms with Crippen LogP contribution in [0.2, 0.25) is 0 Å². The Bertz CT molecular complexity index is 179. The van der Waals surface area contributed by atoms with Crippen LogP contribution in [-0.2, 0) is 4.74 Å². The van der Waals surface area contributed by atoms with Gasteiger partial charge in [0, 0.05) is 18.6 Å². The maximum atomic E-state index is 5.41. The molecule has 15 heavy (non-hydrogen) atoms. The molecular weight excluding hydrogens is 186 g/mol. The Kier molecular flexibility index (Phi) is 5.07. The summed E-state index contributed by atoms with van der Waals surface area (Å²) >= 11 is 0. The fourth-order valence-corrected chi connectivity index (χ4v) is 3.46. The van der Waals surface area contributed by atoms with Crippen LogP contribution in [0.4, 0.5) is 0 Å². The second-order valence-electron chi connectivity index (χ2n) is 4.79. The van der Waals surface area contributed by atoms with Crippen molar-refractivity contribution >= 4 is 0 Å². The van der Waals surface area contributed by atoms with Crippen molar-refractivity contribution in [1.82, 2.24) is 4.90 Å². The summed E-state index contributed by atoms with van der Waals surface area (Å²) in [4.78, 5) is 2.55. The minimum Gasteiger partial charge on any atom is -0.384 e. The molecule has 0 spiro atoms. The van der Waals surface area contributed by atoms with Gasteiger partial charge in [0.2, 0.25) is 0 Å². The van der Waals surface area contributed by atoms with Crippen molar-refractivity contribution in [2.24, 2.45) is 5.41 Å². The monoisotopic (exact) mass is 213 g/mol. The number of nitrogens with zero attached hydrogens (tertiary/aromatic N) is 1. The van der Waals surface area contributed by atoms with Crippen LogP contribution >= 0.6 is 0 Å². The first-order valence-corrected chi connectivity index (χ1v) is 6.48. The van der Waals surface area contributed by atoms with Gasteiger partial charge in [-0.2, -0.15) is 0 Å². The van der Waals surface area contributed by atoms with Crippen molar-refractivity contribution in [3.8, 4) is 0 Å². The second-order valence-corrected chi connectivity index (χ2v) is 4.79. The number of piperidine rings is 1. The predicted octanol–water partition coefficient (Wildman–Crippen LogP) is 2.92. The van der Waals surface area contributed by atoms with E-state index >= 15 is 0 Å². The summed E-state index contributed by atoms with van der Waals surface area (Å²) in [7, 11) is 4.12. The lowest BCUT2D eigenvalue weighted by Gasteiger charge is -2.44. The molecule has 2 unspecified atom stereocenters. The number of rotatable bonds is 2. The molecule has 0 N–H and O–H groups in total. The Morgan fingerprint density at radius 1 is 1.27 bits per heavy atom. The van der Waals surface area contributed by atoms with E-state index in [0.29, 0.717) is 5.41 Å². The fourth-order valence-electron chi connectivity index (χ4n) is 3.46. The summed E-state index contributed by atoms with van der Waals surface area (Å²) in [5, 5.41) is 0. The lowest BCUT2D eigenvalue weighted by Crippen LogP contribution is -2.49. The van der Waals surface area contributed by atoms with E-state index in [9.17, 15) is 0 Å². The minimum absolute atomic E-state index is 0.516. The highest BCUT2D eigenvalue weighted by Crippen LogP contribution is 2.47. The van der Waals surface area contributed by atoms with Crippen molar-refractivity contribution in [2.75, 3.05) is 27.3 Å². The molecule has 1 saturated carbocycles. The fraction of sp³-hybridized carbons (Fsp3) is 1.00. The molecule has 1 saturated heterocycles. The van der Waals surface area contributed by atoms with E-state index in [1.165, 1.54) is 38.6 Å². The summed E-state index contributed by atoms with van der Waals surface area (Å²) in [5.41, 5.74) is 0.516. The molecule has 0 amide bonds. The quantitative estimate of drug-likeness (QED) is 0.699.